The Kier molecular flexibility index (Phi) is 3.63. The Labute approximate surface area is 88.1 Å². The average Bonchev–Trinajstić information content (AvgIpc) is 2.30. The van der Waals surface area contributed by atoms with Gasteiger partial charge in [0.05, 0.1) is 22.2 Å². The fourth-order valence-corrected chi connectivity index (χ4v) is 3.39. The number of thiazole rings is 1. The molecule has 0 aliphatic heterocycles. The molecule has 0 spiro atoms. The largest absolute Gasteiger partial charge is 0.327 e. The van der Waals surface area contributed by atoms with Gasteiger partial charge in [-0.25, -0.2) is 13.4 Å². The third-order valence-electron chi connectivity index (χ3n) is 1.55. The van der Waals surface area contributed by atoms with Crippen LogP contribution in [0.2, 0.25) is 0 Å². The number of nitrogens with zero attached hydrogens (tertiary/aromatic N) is 1. The standard InChI is InChI=1S/C8H14N2O2S2/c1-6(9)4-14(11,12)5-8-3-13-7(2)10-8/h3,6H,4-5,9H2,1-2H3. The van der Waals surface area contributed by atoms with E-state index in [1.54, 1.807) is 12.3 Å². The van der Waals surface area contributed by atoms with E-state index in [9.17, 15) is 8.42 Å². The molecule has 0 amide bonds. The Hall–Kier alpha value is -0.460. The summed E-state index contributed by atoms with van der Waals surface area (Å²) in [5, 5.41) is 2.66. The van der Waals surface area contributed by atoms with Crippen LogP contribution < -0.4 is 5.73 Å². The van der Waals surface area contributed by atoms with E-state index in [-0.39, 0.29) is 17.5 Å². The summed E-state index contributed by atoms with van der Waals surface area (Å²) < 4.78 is 23.0. The Balaban J connectivity index is 2.69. The van der Waals surface area contributed by atoms with Crippen molar-refractivity contribution >= 4 is 21.2 Å². The first-order chi connectivity index (χ1) is 6.39. The smallest absolute Gasteiger partial charge is 0.157 e. The lowest BCUT2D eigenvalue weighted by Gasteiger charge is -2.04. The van der Waals surface area contributed by atoms with E-state index in [1.165, 1.54) is 11.3 Å². The summed E-state index contributed by atoms with van der Waals surface area (Å²) >= 11 is 1.46. The van der Waals surface area contributed by atoms with Gasteiger partial charge in [0, 0.05) is 11.4 Å². The Morgan fingerprint density at radius 1 is 1.64 bits per heavy atom. The lowest BCUT2D eigenvalue weighted by atomic mass is 10.4. The molecular formula is C8H14N2O2S2. The van der Waals surface area contributed by atoms with Crippen LogP contribution in [0.1, 0.15) is 17.6 Å². The number of sulfone groups is 1. The third-order valence-corrected chi connectivity index (χ3v) is 4.14. The second-order valence-corrected chi connectivity index (χ2v) is 6.56. The van der Waals surface area contributed by atoms with Crippen LogP contribution in [-0.2, 0) is 15.6 Å². The van der Waals surface area contributed by atoms with Gasteiger partial charge in [-0.3, -0.25) is 0 Å². The molecule has 14 heavy (non-hydrogen) atoms. The summed E-state index contributed by atoms with van der Waals surface area (Å²) in [6, 6.07) is -0.320. The summed E-state index contributed by atoms with van der Waals surface area (Å²) in [5.41, 5.74) is 6.06. The summed E-state index contributed by atoms with van der Waals surface area (Å²) in [6.45, 7) is 3.54. The van der Waals surface area contributed by atoms with E-state index in [1.807, 2.05) is 6.92 Å². The first kappa shape index (κ1) is 11.6. The molecule has 0 bridgehead atoms. The molecule has 80 valence electrons. The first-order valence-corrected chi connectivity index (χ1v) is 6.96. The molecule has 0 fully saturated rings. The predicted octanol–water partition coefficient (Wildman–Crippen LogP) is 0.714. The highest BCUT2D eigenvalue weighted by atomic mass is 32.2. The minimum absolute atomic E-state index is 0.00111. The van der Waals surface area contributed by atoms with Crippen LogP contribution in [0.3, 0.4) is 0 Å². The number of hydrogen-bond acceptors (Lipinski definition) is 5. The van der Waals surface area contributed by atoms with Gasteiger partial charge in [0.25, 0.3) is 0 Å². The van der Waals surface area contributed by atoms with Crippen molar-refractivity contribution < 1.29 is 8.42 Å². The van der Waals surface area contributed by atoms with E-state index in [2.05, 4.69) is 4.98 Å². The third kappa shape index (κ3) is 3.73. The molecule has 0 saturated heterocycles. The van der Waals surface area contributed by atoms with Gasteiger partial charge in [-0.2, -0.15) is 0 Å². The van der Waals surface area contributed by atoms with Crippen molar-refractivity contribution in [3.8, 4) is 0 Å². The molecule has 0 aliphatic rings. The molecule has 1 atom stereocenters. The maximum Gasteiger partial charge on any atom is 0.157 e. The molecule has 1 unspecified atom stereocenters. The van der Waals surface area contributed by atoms with Crippen LogP contribution in [0, 0.1) is 6.92 Å². The minimum Gasteiger partial charge on any atom is -0.327 e. The first-order valence-electron chi connectivity index (χ1n) is 4.26. The maximum atomic E-state index is 11.5. The van der Waals surface area contributed by atoms with Gasteiger partial charge in [0.1, 0.15) is 0 Å². The zero-order chi connectivity index (χ0) is 10.8. The Bertz CT molecular complexity index is 395. The monoisotopic (exact) mass is 234 g/mol. The Morgan fingerprint density at radius 2 is 2.29 bits per heavy atom. The van der Waals surface area contributed by atoms with Gasteiger partial charge in [-0.05, 0) is 13.8 Å². The van der Waals surface area contributed by atoms with Gasteiger partial charge in [0.2, 0.25) is 0 Å². The number of hydrogen-bond donors (Lipinski definition) is 1. The van der Waals surface area contributed by atoms with Gasteiger partial charge >= 0.3 is 0 Å². The fourth-order valence-electron chi connectivity index (χ4n) is 1.16. The van der Waals surface area contributed by atoms with E-state index < -0.39 is 9.84 Å². The molecule has 1 aromatic rings. The SMILES string of the molecule is Cc1nc(CS(=O)(=O)CC(C)N)cs1. The predicted molar refractivity (Wildman–Crippen MR) is 58.0 cm³/mol. The van der Waals surface area contributed by atoms with E-state index >= 15 is 0 Å². The van der Waals surface area contributed by atoms with E-state index in [0.29, 0.717) is 5.69 Å². The minimum atomic E-state index is -3.10. The van der Waals surface area contributed by atoms with Crippen LogP contribution in [0.5, 0.6) is 0 Å². The molecule has 6 heteroatoms. The fraction of sp³-hybridized carbons (Fsp3) is 0.625. The summed E-state index contributed by atoms with van der Waals surface area (Å²) in [4.78, 5) is 4.10. The second kappa shape index (κ2) is 4.37. The zero-order valence-electron chi connectivity index (χ0n) is 8.23. The molecule has 4 nitrogen and oxygen atoms in total. The lowest BCUT2D eigenvalue weighted by Crippen LogP contribution is -2.27. The highest BCUT2D eigenvalue weighted by Crippen LogP contribution is 2.11. The van der Waals surface area contributed by atoms with Crippen molar-refractivity contribution in [2.24, 2.45) is 5.73 Å². The molecule has 2 N–H and O–H groups in total. The molecular weight excluding hydrogens is 220 g/mol. The van der Waals surface area contributed by atoms with E-state index in [0.717, 1.165) is 5.01 Å². The van der Waals surface area contributed by atoms with E-state index in [4.69, 9.17) is 5.73 Å². The molecule has 0 aromatic carbocycles. The van der Waals surface area contributed by atoms with Crippen molar-refractivity contribution in [1.82, 2.24) is 4.98 Å². The van der Waals surface area contributed by atoms with Crippen LogP contribution >= 0.6 is 11.3 Å². The molecule has 1 heterocycles. The molecule has 0 saturated carbocycles. The van der Waals surface area contributed by atoms with Crippen LogP contribution in [0.4, 0.5) is 0 Å². The quantitative estimate of drug-likeness (QED) is 0.833. The molecule has 1 aromatic heterocycles. The zero-order valence-corrected chi connectivity index (χ0v) is 9.86. The van der Waals surface area contributed by atoms with Crippen LogP contribution in [0.25, 0.3) is 0 Å². The highest BCUT2D eigenvalue weighted by molar-refractivity contribution is 7.90. The normalized spacial score (nSPS) is 14.2. The van der Waals surface area contributed by atoms with Gasteiger partial charge in [-0.15, -0.1) is 11.3 Å². The van der Waals surface area contributed by atoms with Crippen molar-refractivity contribution in [3.05, 3.63) is 16.1 Å². The van der Waals surface area contributed by atoms with Crippen molar-refractivity contribution in [1.29, 1.82) is 0 Å². The average molecular weight is 234 g/mol. The topological polar surface area (TPSA) is 73.0 Å². The highest BCUT2D eigenvalue weighted by Gasteiger charge is 2.15. The molecule has 0 radical (unpaired) electrons. The summed E-state index contributed by atoms with van der Waals surface area (Å²) in [6.07, 6.45) is 0. The van der Waals surface area contributed by atoms with Crippen molar-refractivity contribution in [2.75, 3.05) is 5.75 Å². The summed E-state index contributed by atoms with van der Waals surface area (Å²) in [7, 11) is -3.10. The molecule has 1 rings (SSSR count). The lowest BCUT2D eigenvalue weighted by molar-refractivity contribution is 0.589. The van der Waals surface area contributed by atoms with Crippen LogP contribution in [-0.4, -0.2) is 25.2 Å². The Morgan fingerprint density at radius 3 is 2.71 bits per heavy atom. The number of rotatable bonds is 4. The molecule has 0 aliphatic carbocycles. The van der Waals surface area contributed by atoms with Crippen molar-refractivity contribution in [2.45, 2.75) is 25.6 Å². The maximum absolute atomic E-state index is 11.5. The van der Waals surface area contributed by atoms with Gasteiger partial charge < -0.3 is 5.73 Å². The number of nitrogens with two attached hydrogens (primary N) is 1. The van der Waals surface area contributed by atoms with Gasteiger partial charge in [-0.1, -0.05) is 0 Å². The summed E-state index contributed by atoms with van der Waals surface area (Å²) in [5.74, 6) is 0.0163. The number of aryl methyl sites for hydroxylation is 1. The number of aromatic nitrogens is 1. The van der Waals surface area contributed by atoms with Gasteiger partial charge in [0.15, 0.2) is 9.84 Å². The second-order valence-electron chi connectivity index (χ2n) is 3.39. The van der Waals surface area contributed by atoms with Crippen molar-refractivity contribution in [3.63, 3.8) is 0 Å². The van der Waals surface area contributed by atoms with Crippen LogP contribution in [0.15, 0.2) is 5.38 Å².